The van der Waals surface area contributed by atoms with Crippen LogP contribution >= 0.6 is 0 Å². The Morgan fingerprint density at radius 2 is 1.60 bits per heavy atom. The summed E-state index contributed by atoms with van der Waals surface area (Å²) in [6.07, 6.45) is 3.87. The molecule has 1 saturated heterocycles. The second-order valence-corrected chi connectivity index (χ2v) is 7.48. The highest BCUT2D eigenvalue weighted by Crippen LogP contribution is 2.09. The van der Waals surface area contributed by atoms with Crippen LogP contribution in [0.1, 0.15) is 19.3 Å². The summed E-state index contributed by atoms with van der Waals surface area (Å²) in [7, 11) is -7.45. The predicted molar refractivity (Wildman–Crippen MR) is 57.2 cm³/mol. The monoisotopic (exact) mass is 256 g/mol. The van der Waals surface area contributed by atoms with E-state index < -0.39 is 20.0 Å². The normalized spacial score (nSPS) is 20.3. The first-order valence-corrected chi connectivity index (χ1v) is 8.26. The SMILES string of the molecule is CS(=O)(=O)NS(=O)(=O)CN1CCCCC1. The molecular formula is C7H16N2O4S2. The number of rotatable bonds is 4. The van der Waals surface area contributed by atoms with Gasteiger partial charge in [0.05, 0.1) is 6.26 Å². The topological polar surface area (TPSA) is 83.5 Å². The van der Waals surface area contributed by atoms with Crippen LogP contribution in [-0.2, 0) is 20.0 Å². The van der Waals surface area contributed by atoms with E-state index in [0.717, 1.165) is 25.5 Å². The third-order valence-electron chi connectivity index (χ3n) is 2.08. The first kappa shape index (κ1) is 12.9. The van der Waals surface area contributed by atoms with Gasteiger partial charge in [0.15, 0.2) is 0 Å². The molecule has 0 aromatic heterocycles. The van der Waals surface area contributed by atoms with E-state index in [1.807, 2.05) is 0 Å². The maximum Gasteiger partial charge on any atom is 0.237 e. The molecule has 1 heterocycles. The van der Waals surface area contributed by atoms with E-state index in [2.05, 4.69) is 0 Å². The summed E-state index contributed by atoms with van der Waals surface area (Å²) >= 11 is 0. The van der Waals surface area contributed by atoms with Gasteiger partial charge in [-0.15, -0.1) is 4.13 Å². The molecule has 0 unspecified atom stereocenters. The molecule has 6 nitrogen and oxygen atoms in total. The number of hydrogen-bond acceptors (Lipinski definition) is 5. The zero-order valence-electron chi connectivity index (χ0n) is 8.64. The molecule has 1 rings (SSSR count). The third kappa shape index (κ3) is 5.45. The minimum absolute atomic E-state index is 0.236. The van der Waals surface area contributed by atoms with Gasteiger partial charge < -0.3 is 0 Å². The van der Waals surface area contributed by atoms with Crippen LogP contribution in [0.4, 0.5) is 0 Å². The predicted octanol–water partition coefficient (Wildman–Crippen LogP) is -0.691. The van der Waals surface area contributed by atoms with Gasteiger partial charge in [-0.25, -0.2) is 16.8 Å². The minimum atomic E-state index is -3.75. The highest BCUT2D eigenvalue weighted by atomic mass is 32.3. The summed E-state index contributed by atoms with van der Waals surface area (Å²) in [6.45, 7) is 1.43. The zero-order chi connectivity index (χ0) is 11.5. The fraction of sp³-hybridized carbons (Fsp3) is 1.00. The van der Waals surface area contributed by atoms with Gasteiger partial charge in [-0.3, -0.25) is 4.90 Å². The molecule has 1 N–H and O–H groups in total. The molecule has 0 amide bonds. The number of hydrogen-bond donors (Lipinski definition) is 1. The van der Waals surface area contributed by atoms with Crippen molar-refractivity contribution in [2.75, 3.05) is 25.2 Å². The Morgan fingerprint density at radius 1 is 1.07 bits per heavy atom. The fourth-order valence-corrected chi connectivity index (χ4v) is 4.38. The first-order chi connectivity index (χ1) is 6.79. The lowest BCUT2D eigenvalue weighted by atomic mass is 10.1. The smallest absolute Gasteiger partial charge is 0.237 e. The van der Waals surface area contributed by atoms with E-state index in [-0.39, 0.29) is 5.88 Å². The molecule has 1 aliphatic heterocycles. The van der Waals surface area contributed by atoms with Crippen LogP contribution < -0.4 is 4.13 Å². The Morgan fingerprint density at radius 3 is 2.07 bits per heavy atom. The Labute approximate surface area is 90.8 Å². The van der Waals surface area contributed by atoms with E-state index in [4.69, 9.17) is 0 Å². The van der Waals surface area contributed by atoms with Crippen molar-refractivity contribution < 1.29 is 16.8 Å². The van der Waals surface area contributed by atoms with E-state index in [0.29, 0.717) is 13.1 Å². The summed E-state index contributed by atoms with van der Waals surface area (Å²) in [4.78, 5) is 1.75. The van der Waals surface area contributed by atoms with Crippen molar-refractivity contribution >= 4 is 20.0 Å². The van der Waals surface area contributed by atoms with Crippen molar-refractivity contribution in [2.45, 2.75) is 19.3 Å². The lowest BCUT2D eigenvalue weighted by Gasteiger charge is -2.25. The van der Waals surface area contributed by atoms with Crippen molar-refractivity contribution in [1.82, 2.24) is 9.03 Å². The molecule has 8 heteroatoms. The summed E-state index contributed by atoms with van der Waals surface area (Å²) in [5.74, 6) is -0.236. The van der Waals surface area contributed by atoms with Crippen molar-refractivity contribution in [2.24, 2.45) is 0 Å². The maximum absolute atomic E-state index is 11.4. The lowest BCUT2D eigenvalue weighted by Crippen LogP contribution is -2.41. The van der Waals surface area contributed by atoms with Crippen LogP contribution in [0.2, 0.25) is 0 Å². The van der Waals surface area contributed by atoms with Gasteiger partial charge in [-0.05, 0) is 25.9 Å². The van der Waals surface area contributed by atoms with Crippen molar-refractivity contribution in [3.05, 3.63) is 0 Å². The molecular weight excluding hydrogens is 240 g/mol. The molecule has 90 valence electrons. The molecule has 1 fully saturated rings. The molecule has 0 saturated carbocycles. The molecule has 1 aliphatic rings. The van der Waals surface area contributed by atoms with E-state index >= 15 is 0 Å². The highest BCUT2D eigenvalue weighted by Gasteiger charge is 2.21. The number of sulfonamides is 2. The van der Waals surface area contributed by atoms with E-state index in [1.54, 1.807) is 9.03 Å². The molecule has 0 spiro atoms. The molecule has 0 atom stereocenters. The minimum Gasteiger partial charge on any atom is -0.289 e. The van der Waals surface area contributed by atoms with Gasteiger partial charge in [0.2, 0.25) is 20.0 Å². The Balaban J connectivity index is 2.56. The average Bonchev–Trinajstić information content (AvgIpc) is 1.99. The number of nitrogens with zero attached hydrogens (tertiary/aromatic N) is 1. The summed E-state index contributed by atoms with van der Waals surface area (Å²) < 4.78 is 46.0. The second kappa shape index (κ2) is 4.77. The highest BCUT2D eigenvalue weighted by molar-refractivity contribution is 8.04. The first-order valence-electron chi connectivity index (χ1n) is 4.72. The van der Waals surface area contributed by atoms with Crippen molar-refractivity contribution in [3.63, 3.8) is 0 Å². The zero-order valence-corrected chi connectivity index (χ0v) is 10.3. The maximum atomic E-state index is 11.4. The molecule has 0 bridgehead atoms. The number of likely N-dealkylation sites (tertiary alicyclic amines) is 1. The van der Waals surface area contributed by atoms with Crippen LogP contribution in [0.3, 0.4) is 0 Å². The third-order valence-corrected chi connectivity index (χ3v) is 5.01. The van der Waals surface area contributed by atoms with Gasteiger partial charge in [-0.2, -0.15) is 0 Å². The molecule has 0 aromatic rings. The lowest BCUT2D eigenvalue weighted by molar-refractivity contribution is 0.260. The quantitative estimate of drug-likeness (QED) is 0.719. The van der Waals surface area contributed by atoms with Gasteiger partial charge >= 0.3 is 0 Å². The molecule has 0 aliphatic carbocycles. The molecule has 0 radical (unpaired) electrons. The van der Waals surface area contributed by atoms with Crippen LogP contribution in [0.25, 0.3) is 0 Å². The standard InChI is InChI=1S/C7H16N2O4S2/c1-14(10,11)8-15(12,13)7-9-5-3-2-4-6-9/h8H,2-7H2,1H3. The summed E-state index contributed by atoms with van der Waals surface area (Å²) in [5, 5.41) is 0. The van der Waals surface area contributed by atoms with Gasteiger partial charge in [0, 0.05) is 0 Å². The Bertz CT molecular complexity index is 395. The summed E-state index contributed by atoms with van der Waals surface area (Å²) in [5.41, 5.74) is 0. The number of piperidine rings is 1. The summed E-state index contributed by atoms with van der Waals surface area (Å²) in [6, 6.07) is 0. The van der Waals surface area contributed by atoms with Gasteiger partial charge in [0.25, 0.3) is 0 Å². The van der Waals surface area contributed by atoms with Crippen LogP contribution in [0.15, 0.2) is 0 Å². The van der Waals surface area contributed by atoms with Crippen LogP contribution in [-0.4, -0.2) is 47.0 Å². The Kier molecular flexibility index (Phi) is 4.10. The van der Waals surface area contributed by atoms with Crippen molar-refractivity contribution in [1.29, 1.82) is 0 Å². The van der Waals surface area contributed by atoms with Crippen molar-refractivity contribution in [3.8, 4) is 0 Å². The largest absolute Gasteiger partial charge is 0.289 e. The molecule has 0 aromatic carbocycles. The van der Waals surface area contributed by atoms with Crippen LogP contribution in [0, 0.1) is 0 Å². The van der Waals surface area contributed by atoms with E-state index in [9.17, 15) is 16.8 Å². The molecule has 15 heavy (non-hydrogen) atoms. The van der Waals surface area contributed by atoms with Crippen LogP contribution in [0.5, 0.6) is 0 Å². The van der Waals surface area contributed by atoms with Gasteiger partial charge in [0.1, 0.15) is 5.88 Å². The van der Waals surface area contributed by atoms with Gasteiger partial charge in [-0.1, -0.05) is 6.42 Å². The average molecular weight is 256 g/mol. The second-order valence-electron chi connectivity index (χ2n) is 3.78. The van der Waals surface area contributed by atoms with E-state index in [1.165, 1.54) is 0 Å². The Hall–Kier alpha value is -0.180. The number of nitrogens with one attached hydrogen (secondary N) is 1. The fourth-order valence-electron chi connectivity index (χ4n) is 1.59.